The molecule has 0 aliphatic carbocycles. The third-order valence-corrected chi connectivity index (χ3v) is 5.41. The van der Waals surface area contributed by atoms with Crippen LogP contribution >= 0.6 is 0 Å². The molecular formula is C22H25N5O2. The second-order valence-corrected chi connectivity index (χ2v) is 7.42. The number of likely N-dealkylation sites (tertiary alicyclic amines) is 1. The molecule has 1 fully saturated rings. The van der Waals surface area contributed by atoms with Gasteiger partial charge < -0.3 is 10.4 Å². The number of aliphatic hydroxyl groups is 1. The predicted molar refractivity (Wildman–Crippen MR) is 110 cm³/mol. The molecule has 1 aliphatic heterocycles. The minimum Gasteiger partial charge on any atom is -0.396 e. The first-order valence-electron chi connectivity index (χ1n) is 9.86. The van der Waals surface area contributed by atoms with Crippen LogP contribution in [0, 0.1) is 5.92 Å². The van der Waals surface area contributed by atoms with E-state index in [1.807, 2.05) is 30.3 Å². The summed E-state index contributed by atoms with van der Waals surface area (Å²) in [7, 11) is 0. The molecule has 1 saturated heterocycles. The lowest BCUT2D eigenvalue weighted by atomic mass is 9.92. The van der Waals surface area contributed by atoms with Crippen LogP contribution in [0.15, 0.2) is 67.3 Å². The lowest BCUT2D eigenvalue weighted by molar-refractivity contribution is 0.0712. The average Bonchev–Trinajstić information content (AvgIpc) is 3.30. The number of amides is 1. The van der Waals surface area contributed by atoms with Crippen LogP contribution in [0.2, 0.25) is 0 Å². The van der Waals surface area contributed by atoms with Gasteiger partial charge in [0.1, 0.15) is 12.7 Å². The molecule has 0 bridgehead atoms. The largest absolute Gasteiger partial charge is 0.396 e. The fourth-order valence-electron chi connectivity index (χ4n) is 3.85. The molecule has 7 nitrogen and oxygen atoms in total. The molecule has 4 rings (SSSR count). The Balaban J connectivity index is 1.39. The Morgan fingerprint density at radius 2 is 2.03 bits per heavy atom. The van der Waals surface area contributed by atoms with E-state index in [2.05, 4.69) is 32.4 Å². The second kappa shape index (κ2) is 8.98. The molecule has 0 radical (unpaired) electrons. The summed E-state index contributed by atoms with van der Waals surface area (Å²) in [5, 5.41) is 17.1. The zero-order valence-corrected chi connectivity index (χ0v) is 16.2. The molecule has 1 amide bonds. The van der Waals surface area contributed by atoms with E-state index in [9.17, 15) is 9.90 Å². The van der Waals surface area contributed by atoms with Gasteiger partial charge in [0, 0.05) is 43.8 Å². The first kappa shape index (κ1) is 19.3. The van der Waals surface area contributed by atoms with Gasteiger partial charge >= 0.3 is 0 Å². The minimum absolute atomic E-state index is 0.00918. The van der Waals surface area contributed by atoms with Crippen molar-refractivity contribution in [2.45, 2.75) is 19.0 Å². The predicted octanol–water partition coefficient (Wildman–Crippen LogP) is 1.88. The van der Waals surface area contributed by atoms with Gasteiger partial charge in [-0.3, -0.25) is 9.69 Å². The monoisotopic (exact) mass is 391 g/mol. The molecule has 1 aliphatic rings. The maximum Gasteiger partial charge on any atom is 0.251 e. The van der Waals surface area contributed by atoms with Gasteiger partial charge in [0.2, 0.25) is 0 Å². The van der Waals surface area contributed by atoms with Gasteiger partial charge in [0.15, 0.2) is 0 Å². The van der Waals surface area contributed by atoms with Crippen LogP contribution in [-0.2, 0) is 6.54 Å². The number of carbonyl (C=O) groups is 1. The Morgan fingerprint density at radius 3 is 2.79 bits per heavy atom. The number of benzene rings is 2. The lowest BCUT2D eigenvalue weighted by Gasteiger charge is -2.38. The van der Waals surface area contributed by atoms with E-state index in [4.69, 9.17) is 0 Å². The van der Waals surface area contributed by atoms with E-state index >= 15 is 0 Å². The number of aromatic nitrogens is 3. The molecule has 29 heavy (non-hydrogen) atoms. The fourth-order valence-corrected chi connectivity index (χ4v) is 3.85. The summed E-state index contributed by atoms with van der Waals surface area (Å²) in [5.74, 6) is -0.123. The second-order valence-electron chi connectivity index (χ2n) is 7.42. The zero-order chi connectivity index (χ0) is 20.1. The Kier molecular flexibility index (Phi) is 5.97. The number of nitrogens with zero attached hydrogens (tertiary/aromatic N) is 4. The Bertz CT molecular complexity index is 929. The maximum absolute atomic E-state index is 12.8. The zero-order valence-electron chi connectivity index (χ0n) is 16.2. The van der Waals surface area contributed by atoms with Crippen molar-refractivity contribution in [3.05, 3.63) is 78.4 Å². The summed E-state index contributed by atoms with van der Waals surface area (Å²) < 4.78 is 1.62. The highest BCUT2D eigenvalue weighted by atomic mass is 16.3. The molecular weight excluding hydrogens is 366 g/mol. The molecule has 1 aromatic heterocycles. The van der Waals surface area contributed by atoms with Crippen LogP contribution in [0.25, 0.3) is 5.69 Å². The number of carbonyl (C=O) groups excluding carboxylic acids is 1. The van der Waals surface area contributed by atoms with Crippen molar-refractivity contribution >= 4 is 5.91 Å². The number of hydrogen-bond donors (Lipinski definition) is 2. The van der Waals surface area contributed by atoms with E-state index in [0.717, 1.165) is 31.7 Å². The van der Waals surface area contributed by atoms with Crippen LogP contribution < -0.4 is 5.32 Å². The highest BCUT2D eigenvalue weighted by molar-refractivity contribution is 5.94. The summed E-state index contributed by atoms with van der Waals surface area (Å²) in [6.07, 6.45) is 3.87. The van der Waals surface area contributed by atoms with Gasteiger partial charge in [0.25, 0.3) is 5.91 Å². The number of hydrogen-bond acceptors (Lipinski definition) is 5. The number of rotatable bonds is 6. The molecule has 2 heterocycles. The van der Waals surface area contributed by atoms with Crippen molar-refractivity contribution in [3.8, 4) is 5.69 Å². The normalized spacial score (nSPS) is 19.8. The number of aliphatic hydroxyl groups excluding tert-OH is 1. The van der Waals surface area contributed by atoms with Crippen molar-refractivity contribution in [1.29, 1.82) is 0 Å². The maximum atomic E-state index is 12.8. The highest BCUT2D eigenvalue weighted by Gasteiger charge is 2.30. The fraction of sp³-hybridized carbons (Fsp3) is 0.318. The van der Waals surface area contributed by atoms with Crippen molar-refractivity contribution in [2.75, 3.05) is 19.7 Å². The van der Waals surface area contributed by atoms with Crippen molar-refractivity contribution < 1.29 is 9.90 Å². The Labute approximate surface area is 170 Å². The van der Waals surface area contributed by atoms with E-state index in [0.29, 0.717) is 5.56 Å². The topological polar surface area (TPSA) is 83.3 Å². The first-order chi connectivity index (χ1) is 14.2. The Morgan fingerprint density at radius 1 is 1.17 bits per heavy atom. The summed E-state index contributed by atoms with van der Waals surface area (Å²) >= 11 is 0. The Hall–Kier alpha value is -3.03. The molecule has 150 valence electrons. The lowest BCUT2D eigenvalue weighted by Crippen LogP contribution is -2.51. The molecule has 0 saturated carbocycles. The van der Waals surface area contributed by atoms with E-state index < -0.39 is 0 Å². The SMILES string of the molecule is O=C(N[C@H]1CCN(Cc2ccccc2)C[C@@H]1CO)c1cccc(-n2cncn2)c1. The summed E-state index contributed by atoms with van der Waals surface area (Å²) in [5.41, 5.74) is 2.62. The quantitative estimate of drug-likeness (QED) is 0.670. The van der Waals surface area contributed by atoms with E-state index in [1.54, 1.807) is 23.1 Å². The highest BCUT2D eigenvalue weighted by Crippen LogP contribution is 2.20. The minimum atomic E-state index is -0.132. The van der Waals surface area contributed by atoms with Crippen LogP contribution in [0.5, 0.6) is 0 Å². The van der Waals surface area contributed by atoms with Crippen molar-refractivity contribution in [2.24, 2.45) is 5.92 Å². The molecule has 2 N–H and O–H groups in total. The smallest absolute Gasteiger partial charge is 0.251 e. The number of nitrogens with one attached hydrogen (secondary N) is 1. The van der Waals surface area contributed by atoms with Crippen LogP contribution in [0.1, 0.15) is 22.3 Å². The summed E-state index contributed by atoms with van der Waals surface area (Å²) in [4.78, 5) is 19.1. The van der Waals surface area contributed by atoms with Crippen LogP contribution in [0.4, 0.5) is 0 Å². The van der Waals surface area contributed by atoms with Gasteiger partial charge in [-0.1, -0.05) is 36.4 Å². The van der Waals surface area contributed by atoms with Gasteiger partial charge in [-0.05, 0) is 30.2 Å². The van der Waals surface area contributed by atoms with Gasteiger partial charge in [-0.15, -0.1) is 0 Å². The summed E-state index contributed by atoms with van der Waals surface area (Å²) in [6, 6.07) is 17.6. The van der Waals surface area contributed by atoms with Gasteiger partial charge in [0.05, 0.1) is 5.69 Å². The van der Waals surface area contributed by atoms with Crippen molar-refractivity contribution in [1.82, 2.24) is 25.0 Å². The third-order valence-electron chi connectivity index (χ3n) is 5.41. The molecule has 2 aromatic carbocycles. The van der Waals surface area contributed by atoms with E-state index in [1.165, 1.54) is 11.9 Å². The molecule has 7 heteroatoms. The molecule has 3 aromatic rings. The van der Waals surface area contributed by atoms with Gasteiger partial charge in [-0.25, -0.2) is 9.67 Å². The van der Waals surface area contributed by atoms with E-state index in [-0.39, 0.29) is 24.5 Å². The summed E-state index contributed by atoms with van der Waals surface area (Å²) in [6.45, 7) is 2.55. The molecule has 0 spiro atoms. The molecule has 2 atom stereocenters. The van der Waals surface area contributed by atoms with Gasteiger partial charge in [-0.2, -0.15) is 5.10 Å². The average molecular weight is 391 g/mol. The van der Waals surface area contributed by atoms with Crippen LogP contribution in [0.3, 0.4) is 0 Å². The third kappa shape index (κ3) is 4.70. The number of piperidine rings is 1. The molecule has 0 unspecified atom stereocenters. The van der Waals surface area contributed by atoms with Crippen LogP contribution in [-0.4, -0.2) is 56.4 Å². The standard InChI is InChI=1S/C22H25N5O2/c28-14-19-13-26(12-17-5-2-1-3-6-17)10-9-21(19)25-22(29)18-7-4-8-20(11-18)27-16-23-15-24-27/h1-8,11,15-16,19,21,28H,9-10,12-14H2,(H,25,29)/t19-,21+/m1/s1. The first-order valence-corrected chi connectivity index (χ1v) is 9.86. The van der Waals surface area contributed by atoms with Crippen molar-refractivity contribution in [3.63, 3.8) is 0 Å².